The Morgan fingerprint density at radius 2 is 2.25 bits per heavy atom. The van der Waals surface area contributed by atoms with Crippen LogP contribution in [-0.2, 0) is 0 Å². The van der Waals surface area contributed by atoms with E-state index in [1.807, 2.05) is 7.05 Å². The molecular formula is C14H19NO. The van der Waals surface area contributed by atoms with Gasteiger partial charge in [0, 0.05) is 18.0 Å². The van der Waals surface area contributed by atoms with Crippen LogP contribution < -0.4 is 10.1 Å². The second kappa shape index (κ2) is 6.19. The summed E-state index contributed by atoms with van der Waals surface area (Å²) in [6, 6.07) is 6.51. The number of hydrogen-bond acceptors (Lipinski definition) is 2. The normalized spacial score (nSPS) is 11.9. The highest BCUT2D eigenvalue weighted by Gasteiger charge is 2.13. The van der Waals surface area contributed by atoms with E-state index in [4.69, 9.17) is 11.2 Å². The maximum Gasteiger partial charge on any atom is 0.123 e. The highest BCUT2D eigenvalue weighted by Crippen LogP contribution is 2.28. The van der Waals surface area contributed by atoms with Gasteiger partial charge in [-0.25, -0.2) is 0 Å². The van der Waals surface area contributed by atoms with Gasteiger partial charge in [0.05, 0.1) is 7.11 Å². The molecule has 0 bridgehead atoms. The molecule has 1 aromatic carbocycles. The highest BCUT2D eigenvalue weighted by molar-refractivity contribution is 5.39. The number of hydrogen-bond donors (Lipinski definition) is 1. The molecule has 0 amide bonds. The quantitative estimate of drug-likeness (QED) is 0.766. The molecule has 16 heavy (non-hydrogen) atoms. The zero-order valence-corrected chi connectivity index (χ0v) is 10.2. The third-order valence-electron chi connectivity index (χ3n) is 2.69. The van der Waals surface area contributed by atoms with Crippen LogP contribution in [0.2, 0.25) is 0 Å². The summed E-state index contributed by atoms with van der Waals surface area (Å²) in [6.45, 7) is 2.06. The van der Waals surface area contributed by atoms with Crippen LogP contribution in [0.4, 0.5) is 0 Å². The van der Waals surface area contributed by atoms with Crippen LogP contribution in [0.5, 0.6) is 5.75 Å². The lowest BCUT2D eigenvalue weighted by Crippen LogP contribution is -2.17. The van der Waals surface area contributed by atoms with Gasteiger partial charge in [-0.15, -0.1) is 12.3 Å². The van der Waals surface area contributed by atoms with Crippen LogP contribution in [0.25, 0.3) is 0 Å². The minimum Gasteiger partial charge on any atom is -0.496 e. The molecule has 0 aliphatic carbocycles. The monoisotopic (exact) mass is 217 g/mol. The molecule has 0 radical (unpaired) electrons. The SMILES string of the molecule is C#CCCC(NC)c1ccc(C)cc1OC. The molecule has 1 N–H and O–H groups in total. The molecule has 0 fully saturated rings. The maximum absolute atomic E-state index is 5.40. The molecule has 0 spiro atoms. The Balaban J connectivity index is 2.95. The molecule has 1 atom stereocenters. The van der Waals surface area contributed by atoms with Gasteiger partial charge in [0.15, 0.2) is 0 Å². The first-order valence-corrected chi connectivity index (χ1v) is 5.48. The van der Waals surface area contributed by atoms with Crippen molar-refractivity contribution in [2.24, 2.45) is 0 Å². The lowest BCUT2D eigenvalue weighted by Gasteiger charge is -2.18. The standard InChI is InChI=1S/C14H19NO/c1-5-6-7-13(15-3)12-9-8-11(2)10-14(12)16-4/h1,8-10,13,15H,6-7H2,2-4H3. The molecule has 1 rings (SSSR count). The van der Waals surface area contributed by atoms with Gasteiger partial charge in [-0.2, -0.15) is 0 Å². The number of ether oxygens (including phenoxy) is 1. The van der Waals surface area contributed by atoms with Crippen molar-refractivity contribution in [3.8, 4) is 18.1 Å². The van der Waals surface area contributed by atoms with Crippen molar-refractivity contribution in [3.05, 3.63) is 29.3 Å². The van der Waals surface area contributed by atoms with Crippen LogP contribution in [-0.4, -0.2) is 14.2 Å². The van der Waals surface area contributed by atoms with Crippen molar-refractivity contribution in [1.29, 1.82) is 0 Å². The Labute approximate surface area is 98.0 Å². The summed E-state index contributed by atoms with van der Waals surface area (Å²) in [7, 11) is 3.65. The van der Waals surface area contributed by atoms with E-state index in [9.17, 15) is 0 Å². The average molecular weight is 217 g/mol. The second-order valence-electron chi connectivity index (χ2n) is 3.83. The van der Waals surface area contributed by atoms with Crippen LogP contribution >= 0.6 is 0 Å². The zero-order valence-electron chi connectivity index (χ0n) is 10.2. The molecule has 0 saturated carbocycles. The summed E-state index contributed by atoms with van der Waals surface area (Å²) < 4.78 is 5.40. The Kier molecular flexibility index (Phi) is 4.88. The van der Waals surface area contributed by atoms with E-state index in [1.54, 1.807) is 7.11 Å². The average Bonchev–Trinajstić information content (AvgIpc) is 2.31. The summed E-state index contributed by atoms with van der Waals surface area (Å²) in [4.78, 5) is 0. The van der Waals surface area contributed by atoms with Crippen molar-refractivity contribution < 1.29 is 4.74 Å². The van der Waals surface area contributed by atoms with Crippen LogP contribution in [0.1, 0.15) is 30.0 Å². The fourth-order valence-electron chi connectivity index (χ4n) is 1.79. The number of nitrogens with one attached hydrogen (secondary N) is 1. The Morgan fingerprint density at radius 3 is 2.81 bits per heavy atom. The van der Waals surface area contributed by atoms with Crippen molar-refractivity contribution >= 4 is 0 Å². The third kappa shape index (κ3) is 3.01. The maximum atomic E-state index is 5.40. The summed E-state index contributed by atoms with van der Waals surface area (Å²) in [6.07, 6.45) is 6.98. The van der Waals surface area contributed by atoms with Gasteiger partial charge in [0.25, 0.3) is 0 Å². The van der Waals surface area contributed by atoms with E-state index in [1.165, 1.54) is 11.1 Å². The molecule has 1 aromatic rings. The lowest BCUT2D eigenvalue weighted by molar-refractivity contribution is 0.399. The first kappa shape index (κ1) is 12.6. The van der Waals surface area contributed by atoms with E-state index in [2.05, 4.69) is 36.4 Å². The van der Waals surface area contributed by atoms with E-state index in [0.29, 0.717) is 0 Å². The smallest absolute Gasteiger partial charge is 0.123 e. The Morgan fingerprint density at radius 1 is 1.50 bits per heavy atom. The summed E-state index contributed by atoms with van der Waals surface area (Å²) >= 11 is 0. The van der Waals surface area contributed by atoms with E-state index >= 15 is 0 Å². The predicted molar refractivity (Wildman–Crippen MR) is 67.6 cm³/mol. The van der Waals surface area contributed by atoms with Gasteiger partial charge in [-0.1, -0.05) is 12.1 Å². The summed E-state index contributed by atoms with van der Waals surface area (Å²) in [5.74, 6) is 3.60. The number of aryl methyl sites for hydroxylation is 1. The van der Waals surface area contributed by atoms with Gasteiger partial charge < -0.3 is 10.1 Å². The van der Waals surface area contributed by atoms with E-state index in [-0.39, 0.29) is 6.04 Å². The first-order chi connectivity index (χ1) is 7.72. The Hall–Kier alpha value is -1.46. The Bertz CT molecular complexity index is 379. The number of rotatable bonds is 5. The largest absolute Gasteiger partial charge is 0.496 e. The van der Waals surface area contributed by atoms with Crippen LogP contribution in [0, 0.1) is 19.3 Å². The molecule has 2 nitrogen and oxygen atoms in total. The number of terminal acetylenes is 1. The summed E-state index contributed by atoms with van der Waals surface area (Å²) in [5, 5.41) is 3.27. The van der Waals surface area contributed by atoms with Crippen molar-refractivity contribution in [1.82, 2.24) is 5.32 Å². The van der Waals surface area contributed by atoms with Crippen molar-refractivity contribution in [2.45, 2.75) is 25.8 Å². The molecule has 0 aliphatic heterocycles. The number of benzene rings is 1. The molecule has 0 aromatic heterocycles. The van der Waals surface area contributed by atoms with Gasteiger partial charge in [0.2, 0.25) is 0 Å². The van der Waals surface area contributed by atoms with Gasteiger partial charge >= 0.3 is 0 Å². The van der Waals surface area contributed by atoms with E-state index in [0.717, 1.165) is 18.6 Å². The second-order valence-corrected chi connectivity index (χ2v) is 3.83. The predicted octanol–water partition coefficient (Wildman–Crippen LogP) is 2.68. The fourth-order valence-corrected chi connectivity index (χ4v) is 1.79. The lowest BCUT2D eigenvalue weighted by atomic mass is 10.00. The topological polar surface area (TPSA) is 21.3 Å². The minimum absolute atomic E-state index is 0.256. The molecular weight excluding hydrogens is 198 g/mol. The van der Waals surface area contributed by atoms with Crippen molar-refractivity contribution in [2.75, 3.05) is 14.2 Å². The highest BCUT2D eigenvalue weighted by atomic mass is 16.5. The molecule has 2 heteroatoms. The molecule has 86 valence electrons. The first-order valence-electron chi connectivity index (χ1n) is 5.48. The molecule has 0 heterocycles. The number of methoxy groups -OCH3 is 1. The molecule has 0 saturated heterocycles. The van der Waals surface area contributed by atoms with Gasteiger partial charge in [0.1, 0.15) is 5.75 Å². The fraction of sp³-hybridized carbons (Fsp3) is 0.429. The third-order valence-corrected chi connectivity index (χ3v) is 2.69. The van der Waals surface area contributed by atoms with Crippen LogP contribution in [0.3, 0.4) is 0 Å². The van der Waals surface area contributed by atoms with Gasteiger partial charge in [-0.3, -0.25) is 0 Å². The van der Waals surface area contributed by atoms with E-state index < -0.39 is 0 Å². The van der Waals surface area contributed by atoms with Crippen LogP contribution in [0.15, 0.2) is 18.2 Å². The molecule has 0 aliphatic rings. The summed E-state index contributed by atoms with van der Waals surface area (Å²) in [5.41, 5.74) is 2.37. The minimum atomic E-state index is 0.256. The molecule has 1 unspecified atom stereocenters. The zero-order chi connectivity index (χ0) is 12.0. The van der Waals surface area contributed by atoms with Crippen molar-refractivity contribution in [3.63, 3.8) is 0 Å². The van der Waals surface area contributed by atoms with Gasteiger partial charge in [-0.05, 0) is 32.0 Å².